The summed E-state index contributed by atoms with van der Waals surface area (Å²) in [5.74, 6) is 0.548. The molecule has 4 aliphatic rings. The Morgan fingerprint density at radius 1 is 1.33 bits per heavy atom. The second kappa shape index (κ2) is 5.76. The number of rotatable bonds is 3. The molecule has 2 heterocycles. The van der Waals surface area contributed by atoms with Crippen LogP contribution < -0.4 is 5.32 Å². The van der Waals surface area contributed by atoms with E-state index in [-0.39, 0.29) is 23.7 Å². The lowest BCUT2D eigenvalue weighted by atomic mass is 9.65. The number of nitrogens with zero attached hydrogens (tertiary/aromatic N) is 1. The fourth-order valence-electron chi connectivity index (χ4n) is 5.36. The predicted molar refractivity (Wildman–Crippen MR) is 93.4 cm³/mol. The van der Waals surface area contributed by atoms with Crippen molar-refractivity contribution in [2.45, 2.75) is 65.0 Å². The first-order valence-electron chi connectivity index (χ1n) is 9.37. The average molecular weight is 327 g/mol. The predicted octanol–water partition coefficient (Wildman–Crippen LogP) is 3.44. The molecule has 4 rings (SSSR count). The van der Waals surface area contributed by atoms with Gasteiger partial charge in [0.1, 0.15) is 5.78 Å². The van der Waals surface area contributed by atoms with Crippen LogP contribution in [-0.4, -0.2) is 29.2 Å². The standard InChI is InChI=1S/C20H27N2O2/c1-4-5-18-15-9-13-10-21-17-7-6-14(12(3)23)20(19(13)17)16(15)8-11(2)22(18)24/h8,14-15,17-18,21H,4-7,9-10H2,1-3H3/q+1. The van der Waals surface area contributed by atoms with Crippen molar-refractivity contribution in [3.8, 4) is 0 Å². The molecule has 4 atom stereocenters. The van der Waals surface area contributed by atoms with Crippen molar-refractivity contribution >= 4 is 5.78 Å². The van der Waals surface area contributed by atoms with Gasteiger partial charge in [-0.05, 0) is 49.3 Å². The molecule has 0 aromatic carbocycles. The third-order valence-electron chi connectivity index (χ3n) is 6.40. The molecule has 0 spiro atoms. The van der Waals surface area contributed by atoms with Crippen LogP contribution in [0.15, 0.2) is 34.1 Å². The first kappa shape index (κ1) is 15.9. The van der Waals surface area contributed by atoms with E-state index in [0.29, 0.717) is 6.04 Å². The number of nitrogens with one attached hydrogen (secondary N) is 1. The zero-order chi connectivity index (χ0) is 17.0. The molecule has 24 heavy (non-hydrogen) atoms. The Labute approximate surface area is 143 Å². The summed E-state index contributed by atoms with van der Waals surface area (Å²) in [7, 11) is 0. The molecule has 4 nitrogen and oxygen atoms in total. The molecule has 4 unspecified atom stereocenters. The number of carbonyl (C=O) groups excluding carboxylic acids is 1. The van der Waals surface area contributed by atoms with Gasteiger partial charge < -0.3 is 5.32 Å². The van der Waals surface area contributed by atoms with Crippen LogP contribution in [-0.2, 0) is 4.79 Å². The smallest absolute Gasteiger partial charge is 0.230 e. The van der Waals surface area contributed by atoms with E-state index in [2.05, 4.69) is 18.3 Å². The minimum Gasteiger partial charge on any atom is -0.306 e. The lowest BCUT2D eigenvalue weighted by Crippen LogP contribution is -2.41. The van der Waals surface area contributed by atoms with E-state index in [1.807, 2.05) is 6.92 Å². The molecule has 0 saturated heterocycles. The zero-order valence-corrected chi connectivity index (χ0v) is 14.9. The number of allylic oxidation sites excluding steroid dienone is 2. The van der Waals surface area contributed by atoms with Gasteiger partial charge >= 0.3 is 0 Å². The summed E-state index contributed by atoms with van der Waals surface area (Å²) in [4.78, 5) is 25.0. The van der Waals surface area contributed by atoms with Gasteiger partial charge in [0.05, 0.1) is 5.92 Å². The Bertz CT molecular complexity index is 713. The van der Waals surface area contributed by atoms with Gasteiger partial charge in [-0.3, -0.25) is 4.79 Å². The Balaban J connectivity index is 1.90. The van der Waals surface area contributed by atoms with Gasteiger partial charge in [0.25, 0.3) is 0 Å². The van der Waals surface area contributed by atoms with Gasteiger partial charge in [0, 0.05) is 47.6 Å². The van der Waals surface area contributed by atoms with Gasteiger partial charge in [0.2, 0.25) is 11.7 Å². The molecule has 0 aromatic rings. The molecule has 4 heteroatoms. The maximum atomic E-state index is 12.7. The van der Waals surface area contributed by atoms with E-state index in [4.69, 9.17) is 0 Å². The summed E-state index contributed by atoms with van der Waals surface area (Å²) < 4.78 is 1.23. The quantitative estimate of drug-likeness (QED) is 0.808. The Kier molecular flexibility index (Phi) is 3.83. The number of ketones is 1. The lowest BCUT2D eigenvalue weighted by Gasteiger charge is -2.39. The summed E-state index contributed by atoms with van der Waals surface area (Å²) >= 11 is 0. The van der Waals surface area contributed by atoms with Crippen LogP contribution in [0.2, 0.25) is 0 Å². The fourth-order valence-corrected chi connectivity index (χ4v) is 5.36. The topological polar surface area (TPSA) is 49.2 Å². The number of carbonyl (C=O) groups is 1. The van der Waals surface area contributed by atoms with Crippen molar-refractivity contribution in [1.82, 2.24) is 5.32 Å². The van der Waals surface area contributed by atoms with E-state index < -0.39 is 0 Å². The number of nitroso groups, excluding NO2 is 1. The van der Waals surface area contributed by atoms with Crippen LogP contribution in [0.3, 0.4) is 0 Å². The summed E-state index contributed by atoms with van der Waals surface area (Å²) in [6, 6.07) is 0.438. The van der Waals surface area contributed by atoms with Gasteiger partial charge in [0.15, 0.2) is 0 Å². The van der Waals surface area contributed by atoms with Crippen LogP contribution in [0, 0.1) is 16.7 Å². The molecule has 0 bridgehead atoms. The Morgan fingerprint density at radius 2 is 2.12 bits per heavy atom. The summed E-state index contributed by atoms with van der Waals surface area (Å²) in [6.45, 7) is 6.72. The van der Waals surface area contributed by atoms with Crippen molar-refractivity contribution in [3.05, 3.63) is 39.0 Å². The van der Waals surface area contributed by atoms with Crippen LogP contribution in [0.25, 0.3) is 0 Å². The van der Waals surface area contributed by atoms with Gasteiger partial charge in [-0.25, -0.2) is 0 Å². The Hall–Kier alpha value is -1.55. The van der Waals surface area contributed by atoms with Crippen LogP contribution >= 0.6 is 0 Å². The first-order chi connectivity index (χ1) is 11.5. The molecule has 1 saturated carbocycles. The Morgan fingerprint density at radius 3 is 2.83 bits per heavy atom. The van der Waals surface area contributed by atoms with Gasteiger partial charge in [-0.15, -0.1) is 0 Å². The highest BCUT2D eigenvalue weighted by molar-refractivity contribution is 5.84. The highest BCUT2D eigenvalue weighted by Gasteiger charge is 2.49. The molecular formula is C20H27N2O2+. The minimum absolute atomic E-state index is 0.0186. The first-order valence-corrected chi connectivity index (χ1v) is 9.37. The molecule has 2 aliphatic heterocycles. The van der Waals surface area contributed by atoms with Crippen molar-refractivity contribution in [2.75, 3.05) is 6.54 Å². The number of fused-ring (bicyclic) bond motifs is 1. The van der Waals surface area contributed by atoms with Crippen molar-refractivity contribution in [2.24, 2.45) is 11.8 Å². The number of hydrogen-bond acceptors (Lipinski definition) is 3. The molecular weight excluding hydrogens is 300 g/mol. The molecule has 1 fully saturated rings. The molecule has 128 valence electrons. The molecule has 0 aromatic heterocycles. The molecule has 1 N–H and O–H groups in total. The largest absolute Gasteiger partial charge is 0.306 e. The number of Topliss-reactive ketones (excluding diaryl/α,β-unsaturated/α-hetero) is 1. The van der Waals surface area contributed by atoms with Crippen molar-refractivity contribution in [3.63, 3.8) is 0 Å². The van der Waals surface area contributed by atoms with Crippen LogP contribution in [0.1, 0.15) is 52.9 Å². The normalized spacial score (nSPS) is 35.0. The minimum atomic E-state index is 0.0186. The van der Waals surface area contributed by atoms with E-state index in [1.54, 1.807) is 6.92 Å². The monoisotopic (exact) mass is 327 g/mol. The van der Waals surface area contributed by atoms with Crippen molar-refractivity contribution < 1.29 is 9.55 Å². The summed E-state index contributed by atoms with van der Waals surface area (Å²) in [5, 5.41) is 3.64. The van der Waals surface area contributed by atoms with E-state index in [0.717, 1.165) is 44.3 Å². The SMILES string of the molecule is CCCC1C2CC3=C4C(=C2C=C(C)[N+]1=O)C(C(C)=O)CCC4NC3. The molecule has 0 amide bonds. The third kappa shape index (κ3) is 2.19. The highest BCUT2D eigenvalue weighted by atomic mass is 16.3. The van der Waals surface area contributed by atoms with E-state index >= 15 is 0 Å². The number of hydrogen-bond donors (Lipinski definition) is 1. The van der Waals surface area contributed by atoms with Crippen LogP contribution in [0.4, 0.5) is 0 Å². The zero-order valence-electron chi connectivity index (χ0n) is 14.9. The van der Waals surface area contributed by atoms with E-state index in [1.165, 1.54) is 27.1 Å². The third-order valence-corrected chi connectivity index (χ3v) is 6.40. The van der Waals surface area contributed by atoms with Crippen LogP contribution in [0.5, 0.6) is 0 Å². The maximum absolute atomic E-state index is 12.7. The highest BCUT2D eigenvalue weighted by Crippen LogP contribution is 2.50. The van der Waals surface area contributed by atoms with E-state index in [9.17, 15) is 9.70 Å². The fraction of sp³-hybridized carbons (Fsp3) is 0.650. The van der Waals surface area contributed by atoms with Gasteiger partial charge in [-0.2, -0.15) is 0 Å². The summed E-state index contributed by atoms with van der Waals surface area (Å²) in [5.41, 5.74) is 6.25. The second-order valence-corrected chi connectivity index (χ2v) is 7.84. The summed E-state index contributed by atoms with van der Waals surface area (Å²) in [6.07, 6.45) is 6.98. The van der Waals surface area contributed by atoms with Gasteiger partial charge in [-0.1, -0.05) is 12.5 Å². The maximum Gasteiger partial charge on any atom is 0.230 e. The molecule has 2 aliphatic carbocycles. The second-order valence-electron chi connectivity index (χ2n) is 7.84. The lowest BCUT2D eigenvalue weighted by molar-refractivity contribution is -0.551. The van der Waals surface area contributed by atoms with Crippen molar-refractivity contribution in [1.29, 1.82) is 0 Å². The molecule has 0 radical (unpaired) electrons. The average Bonchev–Trinajstić information content (AvgIpc) is 2.97.